The number of nitrogens with one attached hydrogen (secondary N) is 1. The number of carbonyl (C=O) groups is 1. The minimum Gasteiger partial charge on any atom is -0.396 e. The topological polar surface area (TPSA) is 94.0 Å². The largest absolute Gasteiger partial charge is 0.396 e. The molecule has 2 aromatic rings. The van der Waals surface area contributed by atoms with Crippen LogP contribution in [0, 0.1) is 11.6 Å². The van der Waals surface area contributed by atoms with Gasteiger partial charge >= 0.3 is 0 Å². The molecule has 19 heavy (non-hydrogen) atoms. The average molecular weight is 264 g/mol. The van der Waals surface area contributed by atoms with Crippen molar-refractivity contribution in [2.75, 3.05) is 11.1 Å². The molecule has 0 saturated carbocycles. The number of primary amides is 1. The van der Waals surface area contributed by atoms with E-state index in [1.54, 1.807) is 0 Å². The van der Waals surface area contributed by atoms with Crippen molar-refractivity contribution in [2.24, 2.45) is 5.73 Å². The zero-order chi connectivity index (χ0) is 14.0. The molecular weight excluding hydrogens is 254 g/mol. The molecular formula is C12H10F2N4O. The van der Waals surface area contributed by atoms with Gasteiger partial charge in [-0.2, -0.15) is 0 Å². The third-order valence-corrected chi connectivity index (χ3v) is 2.36. The molecule has 0 fully saturated rings. The van der Waals surface area contributed by atoms with Crippen molar-refractivity contribution in [3.05, 3.63) is 47.7 Å². The van der Waals surface area contributed by atoms with Gasteiger partial charge in [0, 0.05) is 11.8 Å². The SMILES string of the molecule is NC(=O)c1ccc(N)c(Nc2ccc(F)c(F)c2)n1. The molecule has 5 N–H and O–H groups in total. The molecule has 1 aromatic carbocycles. The molecule has 7 heteroatoms. The van der Waals surface area contributed by atoms with Crippen LogP contribution in [0.5, 0.6) is 0 Å². The number of benzene rings is 1. The van der Waals surface area contributed by atoms with Crippen LogP contribution < -0.4 is 16.8 Å². The van der Waals surface area contributed by atoms with Crippen molar-refractivity contribution in [1.29, 1.82) is 0 Å². The predicted molar refractivity (Wildman–Crippen MR) is 66.8 cm³/mol. The standard InChI is InChI=1S/C12H10F2N4O/c13-7-2-1-6(5-8(7)14)17-12-9(15)3-4-10(18-12)11(16)19/h1-5H,15H2,(H2,16,19)(H,17,18). The van der Waals surface area contributed by atoms with E-state index in [-0.39, 0.29) is 22.9 Å². The highest BCUT2D eigenvalue weighted by Crippen LogP contribution is 2.22. The third-order valence-electron chi connectivity index (χ3n) is 2.36. The molecule has 1 heterocycles. The summed E-state index contributed by atoms with van der Waals surface area (Å²) in [5.74, 6) is -2.54. The molecule has 0 aliphatic rings. The summed E-state index contributed by atoms with van der Waals surface area (Å²) in [7, 11) is 0. The fourth-order valence-electron chi connectivity index (χ4n) is 1.42. The van der Waals surface area contributed by atoms with Gasteiger partial charge < -0.3 is 16.8 Å². The van der Waals surface area contributed by atoms with E-state index in [0.717, 1.165) is 12.1 Å². The number of nitrogen functional groups attached to an aromatic ring is 1. The van der Waals surface area contributed by atoms with Gasteiger partial charge in [-0.25, -0.2) is 13.8 Å². The van der Waals surface area contributed by atoms with Crippen molar-refractivity contribution in [1.82, 2.24) is 4.98 Å². The molecule has 0 radical (unpaired) electrons. The number of hydrogen-bond donors (Lipinski definition) is 3. The van der Waals surface area contributed by atoms with Crippen LogP contribution in [0.15, 0.2) is 30.3 Å². The van der Waals surface area contributed by atoms with E-state index >= 15 is 0 Å². The number of nitrogens with two attached hydrogens (primary N) is 2. The summed E-state index contributed by atoms with van der Waals surface area (Å²) >= 11 is 0. The van der Waals surface area contributed by atoms with Gasteiger partial charge in [0.1, 0.15) is 5.69 Å². The number of amides is 1. The molecule has 98 valence electrons. The first-order valence-corrected chi connectivity index (χ1v) is 5.26. The third kappa shape index (κ3) is 2.76. The first-order chi connectivity index (χ1) is 8.97. The Kier molecular flexibility index (Phi) is 3.28. The summed E-state index contributed by atoms with van der Waals surface area (Å²) in [5, 5.41) is 2.68. The van der Waals surface area contributed by atoms with Crippen LogP contribution in [0.3, 0.4) is 0 Å². The summed E-state index contributed by atoms with van der Waals surface area (Å²) in [6.45, 7) is 0. The van der Waals surface area contributed by atoms with Crippen molar-refractivity contribution in [2.45, 2.75) is 0 Å². The number of aromatic nitrogens is 1. The van der Waals surface area contributed by atoms with Crippen molar-refractivity contribution < 1.29 is 13.6 Å². The Bertz CT molecular complexity index is 646. The number of rotatable bonds is 3. The first kappa shape index (κ1) is 12.7. The Morgan fingerprint density at radius 2 is 1.89 bits per heavy atom. The molecule has 0 spiro atoms. The normalized spacial score (nSPS) is 10.2. The molecule has 0 atom stereocenters. The molecule has 1 amide bonds. The first-order valence-electron chi connectivity index (χ1n) is 5.26. The van der Waals surface area contributed by atoms with Gasteiger partial charge in [-0.1, -0.05) is 0 Å². The maximum atomic E-state index is 13.0. The van der Waals surface area contributed by atoms with Crippen molar-refractivity contribution in [3.63, 3.8) is 0 Å². The van der Waals surface area contributed by atoms with Crippen LogP contribution in [0.2, 0.25) is 0 Å². The minimum absolute atomic E-state index is 0.0132. The van der Waals surface area contributed by atoms with Gasteiger partial charge in [-0.05, 0) is 24.3 Å². The minimum atomic E-state index is -1.00. The number of carbonyl (C=O) groups excluding carboxylic acids is 1. The number of anilines is 3. The number of hydrogen-bond acceptors (Lipinski definition) is 4. The van der Waals surface area contributed by atoms with Crippen LogP contribution in [-0.4, -0.2) is 10.9 Å². The van der Waals surface area contributed by atoms with Crippen molar-refractivity contribution >= 4 is 23.1 Å². The quantitative estimate of drug-likeness (QED) is 0.787. The van der Waals surface area contributed by atoms with E-state index in [2.05, 4.69) is 10.3 Å². The summed E-state index contributed by atoms with van der Waals surface area (Å²) in [5.41, 5.74) is 11.3. The molecule has 0 saturated heterocycles. The summed E-state index contributed by atoms with van der Waals surface area (Å²) in [6, 6.07) is 6.04. The van der Waals surface area contributed by atoms with Crippen LogP contribution >= 0.6 is 0 Å². The number of halogens is 2. The summed E-state index contributed by atoms with van der Waals surface area (Å²) in [6.07, 6.45) is 0. The highest BCUT2D eigenvalue weighted by molar-refractivity contribution is 5.92. The Morgan fingerprint density at radius 3 is 2.53 bits per heavy atom. The predicted octanol–water partition coefficient (Wildman–Crippen LogP) is 1.78. The fourth-order valence-corrected chi connectivity index (χ4v) is 1.42. The van der Waals surface area contributed by atoms with Crippen LogP contribution in [0.4, 0.5) is 26.0 Å². The second-order valence-electron chi connectivity index (χ2n) is 3.75. The lowest BCUT2D eigenvalue weighted by atomic mass is 10.2. The maximum Gasteiger partial charge on any atom is 0.267 e. The van der Waals surface area contributed by atoms with Crippen LogP contribution in [0.25, 0.3) is 0 Å². The van der Waals surface area contributed by atoms with Gasteiger partial charge in [0.15, 0.2) is 17.5 Å². The summed E-state index contributed by atoms with van der Waals surface area (Å²) in [4.78, 5) is 14.9. The van der Waals surface area contributed by atoms with Gasteiger partial charge in [-0.3, -0.25) is 4.79 Å². The maximum absolute atomic E-state index is 13.0. The lowest BCUT2D eigenvalue weighted by Gasteiger charge is -2.09. The Hall–Kier alpha value is -2.70. The van der Waals surface area contributed by atoms with E-state index in [1.807, 2.05) is 0 Å². The lowest BCUT2D eigenvalue weighted by molar-refractivity contribution is 0.0996. The van der Waals surface area contributed by atoms with Gasteiger partial charge in [-0.15, -0.1) is 0 Å². The molecule has 5 nitrogen and oxygen atoms in total. The number of nitrogens with zero attached hydrogens (tertiary/aromatic N) is 1. The second kappa shape index (κ2) is 4.89. The molecule has 0 aliphatic carbocycles. The second-order valence-corrected chi connectivity index (χ2v) is 3.75. The lowest BCUT2D eigenvalue weighted by Crippen LogP contribution is -2.14. The fraction of sp³-hybridized carbons (Fsp3) is 0. The van der Waals surface area contributed by atoms with E-state index in [4.69, 9.17) is 11.5 Å². The van der Waals surface area contributed by atoms with E-state index in [9.17, 15) is 13.6 Å². The monoisotopic (exact) mass is 264 g/mol. The van der Waals surface area contributed by atoms with Crippen LogP contribution in [0.1, 0.15) is 10.5 Å². The number of pyridine rings is 1. The Labute approximate surface area is 107 Å². The van der Waals surface area contributed by atoms with Gasteiger partial charge in [0.2, 0.25) is 0 Å². The van der Waals surface area contributed by atoms with Gasteiger partial charge in [0.25, 0.3) is 5.91 Å². The van der Waals surface area contributed by atoms with Crippen LogP contribution in [-0.2, 0) is 0 Å². The van der Waals surface area contributed by atoms with E-state index in [0.29, 0.717) is 0 Å². The molecule has 2 rings (SSSR count). The van der Waals surface area contributed by atoms with E-state index < -0.39 is 17.5 Å². The molecule has 0 unspecified atom stereocenters. The summed E-state index contributed by atoms with van der Waals surface area (Å²) < 4.78 is 25.8. The molecule has 1 aromatic heterocycles. The zero-order valence-electron chi connectivity index (χ0n) is 9.65. The Balaban J connectivity index is 2.34. The van der Waals surface area contributed by atoms with Gasteiger partial charge in [0.05, 0.1) is 5.69 Å². The molecule has 0 aliphatic heterocycles. The average Bonchev–Trinajstić information content (AvgIpc) is 2.36. The highest BCUT2D eigenvalue weighted by Gasteiger charge is 2.09. The zero-order valence-corrected chi connectivity index (χ0v) is 9.65. The van der Waals surface area contributed by atoms with Crippen molar-refractivity contribution in [3.8, 4) is 0 Å². The molecule has 0 bridgehead atoms. The van der Waals surface area contributed by atoms with E-state index in [1.165, 1.54) is 18.2 Å². The Morgan fingerprint density at radius 1 is 1.16 bits per heavy atom. The smallest absolute Gasteiger partial charge is 0.267 e. The highest BCUT2D eigenvalue weighted by atomic mass is 19.2.